The van der Waals surface area contributed by atoms with E-state index in [1.54, 1.807) is 6.20 Å². The van der Waals surface area contributed by atoms with Crippen molar-refractivity contribution in [1.29, 1.82) is 5.26 Å². The molecule has 0 aliphatic carbocycles. The van der Waals surface area contributed by atoms with E-state index in [-0.39, 0.29) is 0 Å². The maximum absolute atomic E-state index is 8.30. The summed E-state index contributed by atoms with van der Waals surface area (Å²) >= 11 is 0. The summed E-state index contributed by atoms with van der Waals surface area (Å²) in [5.74, 6) is 1.02. The predicted molar refractivity (Wildman–Crippen MR) is 49.8 cm³/mol. The van der Waals surface area contributed by atoms with E-state index in [0.717, 1.165) is 25.3 Å². The molecule has 0 unspecified atom stereocenters. The van der Waals surface area contributed by atoms with Crippen molar-refractivity contribution in [2.75, 3.05) is 6.54 Å². The standard InChI is InChI=1S/C9H14N4/c1-13-7-6-12-9(13)8-11-5-3-2-4-10/h6-7,11H,2-3,5,8H2,1H3. The average Bonchev–Trinajstić information content (AvgIpc) is 2.52. The Kier molecular flexibility index (Phi) is 4.00. The first-order valence-corrected chi connectivity index (χ1v) is 4.38. The van der Waals surface area contributed by atoms with Gasteiger partial charge in [-0.1, -0.05) is 0 Å². The molecule has 0 aliphatic rings. The van der Waals surface area contributed by atoms with Gasteiger partial charge in [-0.25, -0.2) is 4.98 Å². The lowest BCUT2D eigenvalue weighted by Gasteiger charge is -2.02. The number of unbranched alkanes of at least 4 members (excludes halogenated alkanes) is 1. The maximum atomic E-state index is 8.30. The number of nitrogens with one attached hydrogen (secondary N) is 1. The Labute approximate surface area is 78.2 Å². The summed E-state index contributed by atoms with van der Waals surface area (Å²) in [7, 11) is 1.97. The second-order valence-electron chi connectivity index (χ2n) is 2.89. The highest BCUT2D eigenvalue weighted by atomic mass is 15.1. The van der Waals surface area contributed by atoms with E-state index in [1.165, 1.54) is 0 Å². The summed E-state index contributed by atoms with van der Waals surface area (Å²) in [5.41, 5.74) is 0. The lowest BCUT2D eigenvalue weighted by Crippen LogP contribution is -2.17. The molecule has 0 saturated carbocycles. The van der Waals surface area contributed by atoms with Crippen molar-refractivity contribution in [2.45, 2.75) is 19.4 Å². The van der Waals surface area contributed by atoms with Crippen LogP contribution >= 0.6 is 0 Å². The smallest absolute Gasteiger partial charge is 0.122 e. The van der Waals surface area contributed by atoms with Crippen LogP contribution in [0.5, 0.6) is 0 Å². The number of hydrogen-bond donors (Lipinski definition) is 1. The Morgan fingerprint density at radius 3 is 3.15 bits per heavy atom. The normalized spacial score (nSPS) is 9.85. The van der Waals surface area contributed by atoms with Gasteiger partial charge in [0.1, 0.15) is 5.82 Å². The van der Waals surface area contributed by atoms with E-state index in [0.29, 0.717) is 6.42 Å². The van der Waals surface area contributed by atoms with Gasteiger partial charge in [0.2, 0.25) is 0 Å². The van der Waals surface area contributed by atoms with Crippen LogP contribution in [0.1, 0.15) is 18.7 Å². The lowest BCUT2D eigenvalue weighted by atomic mass is 10.3. The van der Waals surface area contributed by atoms with E-state index in [4.69, 9.17) is 5.26 Å². The number of nitrogens with zero attached hydrogens (tertiary/aromatic N) is 3. The second-order valence-corrected chi connectivity index (χ2v) is 2.89. The van der Waals surface area contributed by atoms with Crippen LogP contribution in [-0.2, 0) is 13.6 Å². The largest absolute Gasteiger partial charge is 0.337 e. The van der Waals surface area contributed by atoms with Crippen molar-refractivity contribution in [2.24, 2.45) is 7.05 Å². The van der Waals surface area contributed by atoms with E-state index >= 15 is 0 Å². The zero-order valence-electron chi connectivity index (χ0n) is 7.82. The molecule has 0 aromatic carbocycles. The quantitative estimate of drug-likeness (QED) is 0.679. The van der Waals surface area contributed by atoms with Gasteiger partial charge in [-0.05, 0) is 13.0 Å². The minimum atomic E-state index is 0.619. The van der Waals surface area contributed by atoms with Crippen molar-refractivity contribution in [3.05, 3.63) is 18.2 Å². The molecule has 1 aromatic heterocycles. The third kappa shape index (κ3) is 3.26. The van der Waals surface area contributed by atoms with Crippen molar-refractivity contribution >= 4 is 0 Å². The molecule has 0 aliphatic heterocycles. The molecule has 0 amide bonds. The van der Waals surface area contributed by atoms with Crippen LogP contribution in [0.3, 0.4) is 0 Å². The monoisotopic (exact) mass is 178 g/mol. The minimum absolute atomic E-state index is 0.619. The van der Waals surface area contributed by atoms with Gasteiger partial charge in [0.05, 0.1) is 12.6 Å². The summed E-state index contributed by atoms with van der Waals surface area (Å²) in [4.78, 5) is 4.17. The van der Waals surface area contributed by atoms with Crippen LogP contribution in [-0.4, -0.2) is 16.1 Å². The van der Waals surface area contributed by atoms with Crippen LogP contribution in [0.2, 0.25) is 0 Å². The van der Waals surface area contributed by atoms with Crippen molar-refractivity contribution < 1.29 is 0 Å². The molecule has 13 heavy (non-hydrogen) atoms. The van der Waals surface area contributed by atoms with E-state index in [2.05, 4.69) is 16.4 Å². The maximum Gasteiger partial charge on any atom is 0.122 e. The SMILES string of the molecule is Cn1ccnc1CNCCCC#N. The molecular weight excluding hydrogens is 164 g/mol. The first kappa shape index (κ1) is 9.75. The number of aryl methyl sites for hydroxylation is 1. The lowest BCUT2D eigenvalue weighted by molar-refractivity contribution is 0.619. The molecule has 1 rings (SSSR count). The van der Waals surface area contributed by atoms with Gasteiger partial charge in [-0.15, -0.1) is 0 Å². The van der Waals surface area contributed by atoms with E-state index in [9.17, 15) is 0 Å². The summed E-state index contributed by atoms with van der Waals surface area (Å²) in [6.45, 7) is 1.65. The fourth-order valence-corrected chi connectivity index (χ4v) is 1.06. The van der Waals surface area contributed by atoms with Gasteiger partial charge in [0.25, 0.3) is 0 Å². The number of aromatic nitrogens is 2. The third-order valence-electron chi connectivity index (χ3n) is 1.85. The predicted octanol–water partition coefficient (Wildman–Crippen LogP) is 0.813. The molecule has 0 radical (unpaired) electrons. The third-order valence-corrected chi connectivity index (χ3v) is 1.85. The molecule has 4 heteroatoms. The number of imidazole rings is 1. The van der Waals surface area contributed by atoms with Gasteiger partial charge in [0, 0.05) is 25.9 Å². The average molecular weight is 178 g/mol. The molecule has 1 heterocycles. The van der Waals surface area contributed by atoms with Gasteiger partial charge in [-0.2, -0.15) is 5.26 Å². The Bertz CT molecular complexity index is 284. The van der Waals surface area contributed by atoms with Crippen LogP contribution in [0.4, 0.5) is 0 Å². The molecule has 0 atom stereocenters. The second kappa shape index (κ2) is 5.33. The highest BCUT2D eigenvalue weighted by molar-refractivity contribution is 4.90. The first-order valence-electron chi connectivity index (χ1n) is 4.38. The number of hydrogen-bond acceptors (Lipinski definition) is 3. The van der Waals surface area contributed by atoms with Crippen molar-refractivity contribution in [1.82, 2.24) is 14.9 Å². The molecule has 0 spiro atoms. The molecule has 70 valence electrons. The molecular formula is C9H14N4. The Balaban J connectivity index is 2.14. The van der Waals surface area contributed by atoms with Crippen LogP contribution < -0.4 is 5.32 Å². The van der Waals surface area contributed by atoms with Gasteiger partial charge >= 0.3 is 0 Å². The van der Waals surface area contributed by atoms with E-state index in [1.807, 2.05) is 17.8 Å². The fourth-order valence-electron chi connectivity index (χ4n) is 1.06. The first-order chi connectivity index (χ1) is 6.34. The molecule has 0 bridgehead atoms. The van der Waals surface area contributed by atoms with Crippen LogP contribution in [0.25, 0.3) is 0 Å². The highest BCUT2D eigenvalue weighted by Gasteiger charge is 1.96. The van der Waals surface area contributed by atoms with Crippen molar-refractivity contribution in [3.63, 3.8) is 0 Å². The number of nitriles is 1. The van der Waals surface area contributed by atoms with Crippen molar-refractivity contribution in [3.8, 4) is 6.07 Å². The molecule has 0 fully saturated rings. The zero-order chi connectivity index (χ0) is 9.52. The van der Waals surface area contributed by atoms with Crippen LogP contribution in [0.15, 0.2) is 12.4 Å². The Morgan fingerprint density at radius 2 is 2.54 bits per heavy atom. The molecule has 4 nitrogen and oxygen atoms in total. The topological polar surface area (TPSA) is 53.6 Å². The molecule has 1 aromatic rings. The summed E-state index contributed by atoms with van der Waals surface area (Å²) in [6, 6.07) is 2.11. The summed E-state index contributed by atoms with van der Waals surface area (Å²) < 4.78 is 1.98. The Hall–Kier alpha value is -1.34. The minimum Gasteiger partial charge on any atom is -0.337 e. The van der Waals surface area contributed by atoms with Gasteiger partial charge < -0.3 is 9.88 Å². The molecule has 0 saturated heterocycles. The Morgan fingerprint density at radius 1 is 1.69 bits per heavy atom. The van der Waals surface area contributed by atoms with Gasteiger partial charge in [-0.3, -0.25) is 0 Å². The fraction of sp³-hybridized carbons (Fsp3) is 0.556. The molecule has 1 N–H and O–H groups in total. The van der Waals surface area contributed by atoms with Gasteiger partial charge in [0.15, 0.2) is 0 Å². The zero-order valence-corrected chi connectivity index (χ0v) is 7.82. The highest BCUT2D eigenvalue weighted by Crippen LogP contribution is 1.93. The summed E-state index contributed by atoms with van der Waals surface area (Å²) in [5, 5.41) is 11.5. The number of rotatable bonds is 5. The summed E-state index contributed by atoms with van der Waals surface area (Å²) in [6.07, 6.45) is 5.23. The van der Waals surface area contributed by atoms with Crippen LogP contribution in [0, 0.1) is 11.3 Å². The van der Waals surface area contributed by atoms with E-state index < -0.39 is 0 Å².